The number of nitrogens with zero attached hydrogens (tertiary/aromatic N) is 1. The summed E-state index contributed by atoms with van der Waals surface area (Å²) in [6.45, 7) is 10.2. The molecule has 0 heterocycles. The van der Waals surface area contributed by atoms with E-state index >= 15 is 0 Å². The summed E-state index contributed by atoms with van der Waals surface area (Å²) in [5.41, 5.74) is 5.89. The van der Waals surface area contributed by atoms with Crippen LogP contribution in [-0.2, 0) is 9.47 Å². The molecule has 2 N–H and O–H groups in total. The van der Waals surface area contributed by atoms with Crippen LogP contribution in [0, 0.1) is 5.92 Å². The predicted octanol–water partition coefficient (Wildman–Crippen LogP) is 1.26. The van der Waals surface area contributed by atoms with Crippen molar-refractivity contribution in [1.82, 2.24) is 4.90 Å². The van der Waals surface area contributed by atoms with Gasteiger partial charge in [-0.15, -0.1) is 0 Å². The van der Waals surface area contributed by atoms with E-state index in [4.69, 9.17) is 15.2 Å². The van der Waals surface area contributed by atoms with Crippen LogP contribution in [0.4, 0.5) is 0 Å². The zero-order valence-corrected chi connectivity index (χ0v) is 11.8. The molecule has 1 aliphatic rings. The Morgan fingerprint density at radius 1 is 1.11 bits per heavy atom. The lowest BCUT2D eigenvalue weighted by molar-refractivity contribution is 0.0783. The van der Waals surface area contributed by atoms with Crippen LogP contribution in [0.5, 0.6) is 0 Å². The van der Waals surface area contributed by atoms with Gasteiger partial charge in [0.15, 0.2) is 0 Å². The lowest BCUT2D eigenvalue weighted by atomic mass is 10.1. The van der Waals surface area contributed by atoms with Gasteiger partial charge in [-0.25, -0.2) is 0 Å². The van der Waals surface area contributed by atoms with Crippen molar-refractivity contribution < 1.29 is 9.47 Å². The molecule has 0 saturated heterocycles. The van der Waals surface area contributed by atoms with Gasteiger partial charge in [-0.2, -0.15) is 0 Å². The molecule has 0 aromatic carbocycles. The van der Waals surface area contributed by atoms with E-state index in [1.807, 2.05) is 13.8 Å². The second kappa shape index (κ2) is 9.50. The van der Waals surface area contributed by atoms with E-state index in [2.05, 4.69) is 17.1 Å². The van der Waals surface area contributed by atoms with E-state index in [9.17, 15) is 0 Å². The van der Waals surface area contributed by atoms with Crippen LogP contribution in [0.25, 0.3) is 0 Å². The molecule has 106 valence electrons. The zero-order chi connectivity index (χ0) is 13.2. The van der Waals surface area contributed by atoms with Crippen LogP contribution >= 0.6 is 0 Å². The highest BCUT2D eigenvalue weighted by Gasteiger charge is 2.18. The van der Waals surface area contributed by atoms with Crippen molar-refractivity contribution in [2.45, 2.75) is 26.3 Å². The molecule has 0 aliphatic heterocycles. The number of hydrogen-bond acceptors (Lipinski definition) is 4. The van der Waals surface area contributed by atoms with Crippen LogP contribution in [-0.4, -0.2) is 57.0 Å². The average Bonchev–Trinajstić information content (AvgIpc) is 2.75. The first-order valence-electron chi connectivity index (χ1n) is 7.08. The topological polar surface area (TPSA) is 47.7 Å². The molecule has 18 heavy (non-hydrogen) atoms. The summed E-state index contributed by atoms with van der Waals surface area (Å²) in [6.07, 6.45) is 5.44. The first-order chi connectivity index (χ1) is 8.76. The summed E-state index contributed by atoms with van der Waals surface area (Å²) < 4.78 is 10.9. The van der Waals surface area contributed by atoms with Gasteiger partial charge in [-0.3, -0.25) is 4.90 Å². The molecule has 0 fully saturated rings. The van der Waals surface area contributed by atoms with Gasteiger partial charge in [-0.05, 0) is 26.2 Å². The molecular formula is C14H28N2O2. The minimum atomic E-state index is 0.246. The van der Waals surface area contributed by atoms with E-state index < -0.39 is 0 Å². The van der Waals surface area contributed by atoms with Crippen LogP contribution in [0.3, 0.4) is 0 Å². The van der Waals surface area contributed by atoms with E-state index in [0.29, 0.717) is 5.92 Å². The standard InChI is InChI=1S/C14H28N2O2/c1-3-17-9-7-16(8-10-18-4-2)12-13-5-6-14(15)11-13/h5-6,13-14H,3-4,7-12,15H2,1-2H3. The van der Waals surface area contributed by atoms with Crippen LogP contribution in [0.2, 0.25) is 0 Å². The lowest BCUT2D eigenvalue weighted by Gasteiger charge is -2.25. The zero-order valence-electron chi connectivity index (χ0n) is 11.8. The minimum Gasteiger partial charge on any atom is -0.380 e. The van der Waals surface area contributed by atoms with Crippen molar-refractivity contribution in [3.05, 3.63) is 12.2 Å². The molecule has 2 atom stereocenters. The van der Waals surface area contributed by atoms with Crippen LogP contribution in [0.1, 0.15) is 20.3 Å². The van der Waals surface area contributed by atoms with E-state index in [0.717, 1.165) is 52.5 Å². The molecule has 1 rings (SSSR count). The molecule has 2 unspecified atom stereocenters. The fourth-order valence-corrected chi connectivity index (χ4v) is 2.24. The number of nitrogens with two attached hydrogens (primary N) is 1. The molecule has 1 aliphatic carbocycles. The van der Waals surface area contributed by atoms with Crippen molar-refractivity contribution in [1.29, 1.82) is 0 Å². The molecule has 0 aromatic rings. The highest BCUT2D eigenvalue weighted by molar-refractivity contribution is 5.05. The van der Waals surface area contributed by atoms with Crippen molar-refractivity contribution in [2.24, 2.45) is 11.7 Å². The minimum absolute atomic E-state index is 0.246. The molecule has 0 saturated carbocycles. The Hall–Kier alpha value is -0.420. The van der Waals surface area contributed by atoms with Gasteiger partial charge in [-0.1, -0.05) is 12.2 Å². The third kappa shape index (κ3) is 6.50. The van der Waals surface area contributed by atoms with Crippen LogP contribution < -0.4 is 5.73 Å². The Morgan fingerprint density at radius 2 is 1.72 bits per heavy atom. The average molecular weight is 256 g/mol. The van der Waals surface area contributed by atoms with Crippen molar-refractivity contribution in [3.8, 4) is 0 Å². The molecule has 0 bridgehead atoms. The predicted molar refractivity (Wildman–Crippen MR) is 74.6 cm³/mol. The molecule has 4 heteroatoms. The third-order valence-electron chi connectivity index (χ3n) is 3.21. The monoisotopic (exact) mass is 256 g/mol. The fraction of sp³-hybridized carbons (Fsp3) is 0.857. The van der Waals surface area contributed by atoms with E-state index in [-0.39, 0.29) is 6.04 Å². The van der Waals surface area contributed by atoms with E-state index in [1.165, 1.54) is 0 Å². The summed E-state index contributed by atoms with van der Waals surface area (Å²) in [6, 6.07) is 0.246. The Labute approximate surface area is 111 Å². The Kier molecular flexibility index (Phi) is 8.25. The highest BCUT2D eigenvalue weighted by atomic mass is 16.5. The second-order valence-corrected chi connectivity index (χ2v) is 4.74. The van der Waals surface area contributed by atoms with Gasteiger partial charge in [0.25, 0.3) is 0 Å². The third-order valence-corrected chi connectivity index (χ3v) is 3.21. The SMILES string of the molecule is CCOCCN(CCOCC)CC1C=CC(N)C1. The van der Waals surface area contributed by atoms with Crippen LogP contribution in [0.15, 0.2) is 12.2 Å². The highest BCUT2D eigenvalue weighted by Crippen LogP contribution is 2.17. The lowest BCUT2D eigenvalue weighted by Crippen LogP contribution is -2.35. The maximum atomic E-state index is 5.89. The van der Waals surface area contributed by atoms with Gasteiger partial charge in [0, 0.05) is 38.9 Å². The maximum absolute atomic E-state index is 5.89. The largest absolute Gasteiger partial charge is 0.380 e. The van der Waals surface area contributed by atoms with Gasteiger partial charge >= 0.3 is 0 Å². The summed E-state index contributed by atoms with van der Waals surface area (Å²) >= 11 is 0. The molecule has 0 spiro atoms. The van der Waals surface area contributed by atoms with E-state index in [1.54, 1.807) is 0 Å². The van der Waals surface area contributed by atoms with Crippen molar-refractivity contribution >= 4 is 0 Å². The van der Waals surface area contributed by atoms with Gasteiger partial charge < -0.3 is 15.2 Å². The number of ether oxygens (including phenoxy) is 2. The summed E-state index contributed by atoms with van der Waals surface area (Å²) in [5.74, 6) is 0.586. The Morgan fingerprint density at radius 3 is 2.17 bits per heavy atom. The van der Waals surface area contributed by atoms with Gasteiger partial charge in [0.05, 0.1) is 13.2 Å². The summed E-state index contributed by atoms with van der Waals surface area (Å²) in [4.78, 5) is 2.42. The fourth-order valence-electron chi connectivity index (χ4n) is 2.24. The summed E-state index contributed by atoms with van der Waals surface area (Å²) in [5, 5.41) is 0. The molecular weight excluding hydrogens is 228 g/mol. The second-order valence-electron chi connectivity index (χ2n) is 4.74. The first-order valence-corrected chi connectivity index (χ1v) is 7.08. The smallest absolute Gasteiger partial charge is 0.0593 e. The molecule has 4 nitrogen and oxygen atoms in total. The van der Waals surface area contributed by atoms with Crippen molar-refractivity contribution in [3.63, 3.8) is 0 Å². The van der Waals surface area contributed by atoms with Gasteiger partial charge in [0.1, 0.15) is 0 Å². The Bertz CT molecular complexity index is 224. The molecule has 0 amide bonds. The van der Waals surface area contributed by atoms with Crippen molar-refractivity contribution in [2.75, 3.05) is 46.1 Å². The quantitative estimate of drug-likeness (QED) is 0.472. The summed E-state index contributed by atoms with van der Waals surface area (Å²) in [7, 11) is 0. The number of hydrogen-bond donors (Lipinski definition) is 1. The number of rotatable bonds is 10. The van der Waals surface area contributed by atoms with Gasteiger partial charge in [0.2, 0.25) is 0 Å². The Balaban J connectivity index is 2.26. The maximum Gasteiger partial charge on any atom is 0.0593 e. The molecule has 0 aromatic heterocycles. The molecule has 0 radical (unpaired) electrons. The normalized spacial score (nSPS) is 23.1. The first kappa shape index (κ1) is 15.6.